The van der Waals surface area contributed by atoms with Crippen LogP contribution in [0.1, 0.15) is 12.5 Å². The van der Waals surface area contributed by atoms with Gasteiger partial charge in [-0.15, -0.1) is 0 Å². The molecule has 2 aromatic carbocycles. The van der Waals surface area contributed by atoms with Crippen molar-refractivity contribution in [3.05, 3.63) is 54.1 Å². The largest absolute Gasteiger partial charge is 0.497 e. The molecule has 0 saturated carbocycles. The Morgan fingerprint density at radius 1 is 1.16 bits per heavy atom. The lowest BCUT2D eigenvalue weighted by molar-refractivity contribution is -0.111. The number of hydrogen-bond acceptors (Lipinski definition) is 6. The maximum absolute atomic E-state index is 13.1. The SMILES string of the molecule is CCOc1ccc(NC(=O)/C=C/c2ccc(OC)cc2)cc1S(=O)(=O)N1CCOCC1. The summed E-state index contributed by atoms with van der Waals surface area (Å²) < 4.78 is 43.5. The van der Waals surface area contributed by atoms with E-state index in [4.69, 9.17) is 14.2 Å². The molecule has 0 spiro atoms. The Labute approximate surface area is 182 Å². The van der Waals surface area contributed by atoms with E-state index in [9.17, 15) is 13.2 Å². The third-order valence-electron chi connectivity index (χ3n) is 4.64. The molecule has 1 N–H and O–H groups in total. The highest BCUT2D eigenvalue weighted by molar-refractivity contribution is 7.89. The molecule has 0 bridgehead atoms. The van der Waals surface area contributed by atoms with Gasteiger partial charge in [0.15, 0.2) is 0 Å². The molecule has 3 rings (SSSR count). The standard InChI is InChI=1S/C22H26N2O6S/c1-3-30-20-10-7-18(16-21(20)31(26,27)24-12-14-29-15-13-24)23-22(25)11-6-17-4-8-19(28-2)9-5-17/h4-11,16H,3,12-15H2,1-2H3,(H,23,25)/b11-6+. The number of carbonyl (C=O) groups excluding carboxylic acids is 1. The second-order valence-electron chi connectivity index (χ2n) is 6.71. The first-order valence-corrected chi connectivity index (χ1v) is 11.4. The van der Waals surface area contributed by atoms with Gasteiger partial charge in [-0.3, -0.25) is 4.79 Å². The average Bonchev–Trinajstić information content (AvgIpc) is 2.79. The minimum Gasteiger partial charge on any atom is -0.497 e. The number of nitrogens with zero attached hydrogens (tertiary/aromatic N) is 1. The highest BCUT2D eigenvalue weighted by Gasteiger charge is 2.29. The first kappa shape index (κ1) is 22.8. The van der Waals surface area contributed by atoms with Gasteiger partial charge >= 0.3 is 0 Å². The van der Waals surface area contributed by atoms with E-state index in [0.29, 0.717) is 25.5 Å². The molecule has 1 aliphatic rings. The predicted octanol–water partition coefficient (Wildman–Crippen LogP) is 2.77. The van der Waals surface area contributed by atoms with E-state index in [1.165, 1.54) is 16.4 Å². The number of ether oxygens (including phenoxy) is 3. The van der Waals surface area contributed by atoms with Crippen LogP contribution in [0.4, 0.5) is 5.69 Å². The number of hydrogen-bond donors (Lipinski definition) is 1. The molecule has 1 aliphatic heterocycles. The number of methoxy groups -OCH3 is 1. The lowest BCUT2D eigenvalue weighted by Crippen LogP contribution is -2.40. The van der Waals surface area contributed by atoms with E-state index >= 15 is 0 Å². The minimum atomic E-state index is -3.79. The van der Waals surface area contributed by atoms with Crippen LogP contribution in [0.3, 0.4) is 0 Å². The Hall–Kier alpha value is -2.88. The van der Waals surface area contributed by atoms with Crippen LogP contribution in [0.2, 0.25) is 0 Å². The topological polar surface area (TPSA) is 94.2 Å². The second-order valence-corrected chi connectivity index (χ2v) is 8.61. The lowest BCUT2D eigenvalue weighted by Gasteiger charge is -2.27. The molecule has 31 heavy (non-hydrogen) atoms. The lowest BCUT2D eigenvalue weighted by atomic mass is 10.2. The quantitative estimate of drug-likeness (QED) is 0.627. The number of carbonyl (C=O) groups is 1. The van der Waals surface area contributed by atoms with Crippen LogP contribution in [0, 0.1) is 0 Å². The van der Waals surface area contributed by atoms with Gasteiger partial charge in [0.2, 0.25) is 15.9 Å². The molecule has 0 unspecified atom stereocenters. The van der Waals surface area contributed by atoms with E-state index in [-0.39, 0.29) is 29.6 Å². The third-order valence-corrected chi connectivity index (χ3v) is 6.56. The number of anilines is 1. The molecule has 1 saturated heterocycles. The number of sulfonamides is 1. The molecule has 1 amide bonds. The van der Waals surface area contributed by atoms with Crippen LogP contribution < -0.4 is 14.8 Å². The summed E-state index contributed by atoms with van der Waals surface area (Å²) in [6, 6.07) is 11.8. The van der Waals surface area contributed by atoms with E-state index < -0.39 is 10.0 Å². The van der Waals surface area contributed by atoms with Crippen LogP contribution in [-0.2, 0) is 19.6 Å². The van der Waals surface area contributed by atoms with Gasteiger partial charge in [0.1, 0.15) is 16.4 Å². The zero-order valence-corrected chi connectivity index (χ0v) is 18.4. The molecule has 1 heterocycles. The molecule has 8 nitrogen and oxygen atoms in total. The Morgan fingerprint density at radius 3 is 2.52 bits per heavy atom. The molecular weight excluding hydrogens is 420 g/mol. The minimum absolute atomic E-state index is 0.0215. The Balaban J connectivity index is 1.78. The van der Waals surface area contributed by atoms with Gasteiger partial charge in [-0.1, -0.05) is 12.1 Å². The summed E-state index contributed by atoms with van der Waals surface area (Å²) >= 11 is 0. The van der Waals surface area contributed by atoms with Crippen molar-refractivity contribution in [2.75, 3.05) is 45.3 Å². The van der Waals surface area contributed by atoms with Crippen molar-refractivity contribution in [3.8, 4) is 11.5 Å². The van der Waals surface area contributed by atoms with Gasteiger partial charge in [0.25, 0.3) is 0 Å². The van der Waals surface area contributed by atoms with Gasteiger partial charge in [0.05, 0.1) is 26.9 Å². The first-order valence-electron chi connectivity index (χ1n) is 9.92. The van der Waals surface area contributed by atoms with E-state index in [1.54, 1.807) is 44.4 Å². The molecule has 2 aromatic rings. The van der Waals surface area contributed by atoms with Crippen LogP contribution in [-0.4, -0.2) is 58.7 Å². The summed E-state index contributed by atoms with van der Waals surface area (Å²) in [5.74, 6) is 0.598. The van der Waals surface area contributed by atoms with Crippen LogP contribution >= 0.6 is 0 Å². The van der Waals surface area contributed by atoms with Crippen molar-refractivity contribution >= 4 is 27.7 Å². The van der Waals surface area contributed by atoms with Crippen molar-refractivity contribution in [2.24, 2.45) is 0 Å². The zero-order chi connectivity index (χ0) is 22.3. The van der Waals surface area contributed by atoms with Crippen molar-refractivity contribution in [1.82, 2.24) is 4.31 Å². The van der Waals surface area contributed by atoms with Gasteiger partial charge in [-0.2, -0.15) is 4.31 Å². The second kappa shape index (κ2) is 10.4. The monoisotopic (exact) mass is 446 g/mol. The van der Waals surface area contributed by atoms with Crippen LogP contribution in [0.5, 0.6) is 11.5 Å². The fourth-order valence-electron chi connectivity index (χ4n) is 3.06. The number of nitrogens with one attached hydrogen (secondary N) is 1. The normalized spacial score (nSPS) is 15.0. The molecule has 0 atom stereocenters. The molecular formula is C22H26N2O6S. The highest BCUT2D eigenvalue weighted by atomic mass is 32.2. The fourth-order valence-corrected chi connectivity index (χ4v) is 4.62. The van der Waals surface area contributed by atoms with E-state index in [0.717, 1.165) is 11.3 Å². The molecule has 0 aromatic heterocycles. The van der Waals surface area contributed by atoms with Crippen molar-refractivity contribution in [1.29, 1.82) is 0 Å². The molecule has 0 radical (unpaired) electrons. The Bertz CT molecular complexity index is 1030. The summed E-state index contributed by atoms with van der Waals surface area (Å²) in [5.41, 5.74) is 1.19. The van der Waals surface area contributed by atoms with Crippen LogP contribution in [0.25, 0.3) is 6.08 Å². The van der Waals surface area contributed by atoms with Crippen molar-refractivity contribution in [2.45, 2.75) is 11.8 Å². The number of benzene rings is 2. The smallest absolute Gasteiger partial charge is 0.248 e. The summed E-state index contributed by atoms with van der Waals surface area (Å²) in [6.45, 7) is 3.34. The maximum Gasteiger partial charge on any atom is 0.248 e. The van der Waals surface area contributed by atoms with Crippen molar-refractivity contribution < 1.29 is 27.4 Å². The molecule has 1 fully saturated rings. The Kier molecular flexibility index (Phi) is 7.67. The van der Waals surface area contributed by atoms with Gasteiger partial charge < -0.3 is 19.5 Å². The Morgan fingerprint density at radius 2 is 1.87 bits per heavy atom. The molecule has 9 heteroatoms. The summed E-state index contributed by atoms with van der Waals surface area (Å²) in [4.78, 5) is 12.4. The maximum atomic E-state index is 13.1. The first-order chi connectivity index (χ1) is 14.9. The van der Waals surface area contributed by atoms with E-state index in [1.807, 2.05) is 12.1 Å². The van der Waals surface area contributed by atoms with E-state index in [2.05, 4.69) is 5.32 Å². The summed E-state index contributed by atoms with van der Waals surface area (Å²) in [5, 5.41) is 2.71. The number of rotatable bonds is 8. The highest BCUT2D eigenvalue weighted by Crippen LogP contribution is 2.30. The van der Waals surface area contributed by atoms with Crippen molar-refractivity contribution in [3.63, 3.8) is 0 Å². The van der Waals surface area contributed by atoms with Gasteiger partial charge in [-0.05, 0) is 48.9 Å². The molecule has 166 valence electrons. The summed E-state index contributed by atoms with van der Waals surface area (Å²) in [6.07, 6.45) is 3.04. The average molecular weight is 447 g/mol. The predicted molar refractivity (Wildman–Crippen MR) is 118 cm³/mol. The van der Waals surface area contributed by atoms with Gasteiger partial charge in [0, 0.05) is 24.9 Å². The zero-order valence-electron chi connectivity index (χ0n) is 17.5. The number of morpholine rings is 1. The fraction of sp³-hybridized carbons (Fsp3) is 0.318. The van der Waals surface area contributed by atoms with Gasteiger partial charge in [-0.25, -0.2) is 8.42 Å². The summed E-state index contributed by atoms with van der Waals surface area (Å²) in [7, 11) is -2.20. The number of amides is 1. The third kappa shape index (κ3) is 5.84. The van der Waals surface area contributed by atoms with Crippen LogP contribution in [0.15, 0.2) is 53.4 Å². The molecule has 0 aliphatic carbocycles.